The number of aryl methyl sites for hydroxylation is 1. The molecule has 0 spiro atoms. The van der Waals surface area contributed by atoms with Crippen molar-refractivity contribution in [3.63, 3.8) is 0 Å². The third-order valence-corrected chi connectivity index (χ3v) is 5.63. The summed E-state index contributed by atoms with van der Waals surface area (Å²) in [5.41, 5.74) is 5.98. The van der Waals surface area contributed by atoms with Gasteiger partial charge in [0.1, 0.15) is 23.9 Å². The maximum atomic E-state index is 13.0. The van der Waals surface area contributed by atoms with Crippen molar-refractivity contribution in [2.75, 3.05) is 0 Å². The van der Waals surface area contributed by atoms with Crippen LogP contribution in [0.15, 0.2) is 100 Å². The molecule has 0 aliphatic carbocycles. The summed E-state index contributed by atoms with van der Waals surface area (Å²) in [6.45, 7) is 1.91. The molecule has 0 aliphatic rings. The molecule has 9 heteroatoms. The lowest BCUT2D eigenvalue weighted by molar-refractivity contribution is 0.0828. The monoisotopic (exact) mass is 494 g/mol. The first-order valence-corrected chi connectivity index (χ1v) is 11.5. The molecular formula is C28H22N4O5. The minimum absolute atomic E-state index is 0.0287. The number of hydrogen-bond donors (Lipinski definition) is 2. The number of benzene rings is 3. The first-order valence-electron chi connectivity index (χ1n) is 11.5. The van der Waals surface area contributed by atoms with E-state index in [1.165, 1.54) is 10.6 Å². The number of fused-ring (bicyclic) bond motifs is 1. The number of furan rings is 1. The third kappa shape index (κ3) is 5.10. The molecule has 3 aromatic carbocycles. The zero-order valence-corrected chi connectivity index (χ0v) is 19.8. The smallest absolute Gasteiger partial charge is 0.305 e. The van der Waals surface area contributed by atoms with Gasteiger partial charge in [0.25, 0.3) is 11.5 Å². The van der Waals surface area contributed by atoms with Gasteiger partial charge in [-0.2, -0.15) is 0 Å². The van der Waals surface area contributed by atoms with Crippen molar-refractivity contribution in [2.45, 2.75) is 13.5 Å². The molecule has 0 saturated carbocycles. The van der Waals surface area contributed by atoms with Gasteiger partial charge in [0.15, 0.2) is 5.76 Å². The number of para-hydroxylation sites is 2. The summed E-state index contributed by atoms with van der Waals surface area (Å²) >= 11 is 0. The van der Waals surface area contributed by atoms with Crippen LogP contribution in [0.1, 0.15) is 32.5 Å². The van der Waals surface area contributed by atoms with E-state index < -0.39 is 11.8 Å². The Morgan fingerprint density at radius 2 is 1.57 bits per heavy atom. The summed E-state index contributed by atoms with van der Waals surface area (Å²) in [4.78, 5) is 42.4. The van der Waals surface area contributed by atoms with E-state index in [4.69, 9.17) is 9.15 Å². The van der Waals surface area contributed by atoms with Crippen LogP contribution in [-0.2, 0) is 6.61 Å². The predicted octanol–water partition coefficient (Wildman–Crippen LogP) is 3.94. The Balaban J connectivity index is 1.21. The van der Waals surface area contributed by atoms with Gasteiger partial charge >= 0.3 is 5.91 Å². The van der Waals surface area contributed by atoms with Crippen LogP contribution in [0.2, 0.25) is 0 Å². The summed E-state index contributed by atoms with van der Waals surface area (Å²) in [6, 6.07) is 25.9. The lowest BCUT2D eigenvalue weighted by Gasteiger charge is -2.11. The zero-order chi connectivity index (χ0) is 25.8. The van der Waals surface area contributed by atoms with Gasteiger partial charge in [-0.1, -0.05) is 30.3 Å². The van der Waals surface area contributed by atoms with E-state index >= 15 is 0 Å². The van der Waals surface area contributed by atoms with Gasteiger partial charge in [-0.3, -0.25) is 29.8 Å². The van der Waals surface area contributed by atoms with Gasteiger partial charge in [-0.15, -0.1) is 0 Å². The van der Waals surface area contributed by atoms with E-state index in [9.17, 15) is 14.4 Å². The minimum Gasteiger partial charge on any atom is -0.486 e. The molecule has 0 fully saturated rings. The van der Waals surface area contributed by atoms with E-state index in [0.29, 0.717) is 39.5 Å². The number of aromatic nitrogens is 2. The second-order valence-electron chi connectivity index (χ2n) is 8.14. The van der Waals surface area contributed by atoms with Crippen molar-refractivity contribution >= 4 is 22.7 Å². The van der Waals surface area contributed by atoms with Crippen LogP contribution in [-0.4, -0.2) is 21.4 Å². The number of hydrazine groups is 1. The molecule has 0 bridgehead atoms. The lowest BCUT2D eigenvalue weighted by Crippen LogP contribution is -2.41. The fourth-order valence-corrected chi connectivity index (χ4v) is 3.81. The van der Waals surface area contributed by atoms with E-state index in [1.807, 2.05) is 36.4 Å². The van der Waals surface area contributed by atoms with Gasteiger partial charge < -0.3 is 9.15 Å². The van der Waals surface area contributed by atoms with E-state index in [1.54, 1.807) is 55.5 Å². The molecule has 5 aromatic rings. The first-order chi connectivity index (χ1) is 18.0. The molecule has 0 aliphatic heterocycles. The minimum atomic E-state index is -0.611. The molecule has 2 N–H and O–H groups in total. The van der Waals surface area contributed by atoms with Gasteiger partial charge in [-0.05, 0) is 67.6 Å². The van der Waals surface area contributed by atoms with Crippen LogP contribution in [0.5, 0.6) is 5.75 Å². The summed E-state index contributed by atoms with van der Waals surface area (Å²) in [7, 11) is 0. The largest absolute Gasteiger partial charge is 0.486 e. The average molecular weight is 495 g/mol. The molecular weight excluding hydrogens is 472 g/mol. The Morgan fingerprint density at radius 1 is 0.865 bits per heavy atom. The second-order valence-corrected chi connectivity index (χ2v) is 8.14. The number of carbonyl (C=O) groups excluding carboxylic acids is 2. The van der Waals surface area contributed by atoms with Crippen molar-refractivity contribution in [3.05, 3.63) is 124 Å². The standard InChI is InChI=1S/C28H22N4O5/c1-18-29-24-10-6-5-9-23(24)28(35)32(18)20-13-11-19(12-14-20)26(33)30-31-27(34)25-16-15-22(37-25)17-36-21-7-3-2-4-8-21/h2-16H,17H2,1H3,(H,30,33)(H,31,34). The molecule has 2 aromatic heterocycles. The summed E-state index contributed by atoms with van der Waals surface area (Å²) in [6.07, 6.45) is 0. The predicted molar refractivity (Wildman–Crippen MR) is 136 cm³/mol. The van der Waals surface area contributed by atoms with Crippen LogP contribution >= 0.6 is 0 Å². The number of hydrogen-bond acceptors (Lipinski definition) is 6. The second kappa shape index (κ2) is 10.2. The normalized spacial score (nSPS) is 10.7. The summed E-state index contributed by atoms with van der Waals surface area (Å²) < 4.78 is 12.6. The molecule has 2 amide bonds. The van der Waals surface area contributed by atoms with Crippen molar-refractivity contribution in [1.29, 1.82) is 0 Å². The molecule has 37 heavy (non-hydrogen) atoms. The third-order valence-electron chi connectivity index (χ3n) is 5.63. The van der Waals surface area contributed by atoms with Crippen LogP contribution < -0.4 is 21.1 Å². The molecule has 0 unspecified atom stereocenters. The fraction of sp³-hybridized carbons (Fsp3) is 0.0714. The Kier molecular flexibility index (Phi) is 6.50. The zero-order valence-electron chi connectivity index (χ0n) is 19.8. The molecule has 5 rings (SSSR count). The van der Waals surface area contributed by atoms with Crippen molar-refractivity contribution in [1.82, 2.24) is 20.4 Å². The number of amides is 2. The van der Waals surface area contributed by atoms with Crippen LogP contribution in [0.25, 0.3) is 16.6 Å². The number of nitrogens with one attached hydrogen (secondary N) is 2. The first kappa shape index (κ1) is 23.6. The molecule has 2 heterocycles. The number of carbonyl (C=O) groups is 2. The number of nitrogens with zero attached hydrogens (tertiary/aromatic N) is 2. The van der Waals surface area contributed by atoms with Gasteiger partial charge in [0.2, 0.25) is 0 Å². The van der Waals surface area contributed by atoms with Gasteiger partial charge in [0.05, 0.1) is 16.6 Å². The lowest BCUT2D eigenvalue weighted by atomic mass is 10.2. The highest BCUT2D eigenvalue weighted by Gasteiger charge is 2.14. The van der Waals surface area contributed by atoms with Crippen LogP contribution in [0.4, 0.5) is 0 Å². The molecule has 0 atom stereocenters. The highest BCUT2D eigenvalue weighted by atomic mass is 16.5. The highest BCUT2D eigenvalue weighted by molar-refractivity contribution is 5.98. The Hall–Kier alpha value is -5.18. The Morgan fingerprint density at radius 3 is 2.35 bits per heavy atom. The van der Waals surface area contributed by atoms with E-state index in [0.717, 1.165) is 0 Å². The van der Waals surface area contributed by atoms with Gasteiger partial charge in [-0.25, -0.2) is 4.98 Å². The Bertz CT molecular complexity index is 1640. The summed E-state index contributed by atoms with van der Waals surface area (Å²) in [5.74, 6) is 0.561. The molecule has 9 nitrogen and oxygen atoms in total. The van der Waals surface area contributed by atoms with Crippen LogP contribution in [0, 0.1) is 6.92 Å². The van der Waals surface area contributed by atoms with Gasteiger partial charge in [0, 0.05) is 5.56 Å². The summed E-state index contributed by atoms with van der Waals surface area (Å²) in [5, 5.41) is 0.505. The topological polar surface area (TPSA) is 115 Å². The van der Waals surface area contributed by atoms with E-state index in [-0.39, 0.29) is 17.9 Å². The molecule has 0 saturated heterocycles. The Labute approximate surface area is 211 Å². The van der Waals surface area contributed by atoms with Crippen molar-refractivity contribution in [2.24, 2.45) is 0 Å². The number of ether oxygens (including phenoxy) is 1. The highest BCUT2D eigenvalue weighted by Crippen LogP contribution is 2.15. The quantitative estimate of drug-likeness (QED) is 0.346. The van der Waals surface area contributed by atoms with Crippen molar-refractivity contribution < 1.29 is 18.7 Å². The van der Waals surface area contributed by atoms with Crippen molar-refractivity contribution in [3.8, 4) is 11.4 Å². The van der Waals surface area contributed by atoms with Crippen LogP contribution in [0.3, 0.4) is 0 Å². The SMILES string of the molecule is Cc1nc2ccccc2c(=O)n1-c1ccc(C(=O)NNC(=O)c2ccc(COc3ccccc3)o2)cc1. The molecule has 184 valence electrons. The maximum absolute atomic E-state index is 13.0. The number of rotatable bonds is 6. The fourth-order valence-electron chi connectivity index (χ4n) is 3.81. The molecule has 0 radical (unpaired) electrons. The average Bonchev–Trinajstić information content (AvgIpc) is 3.41. The van der Waals surface area contributed by atoms with E-state index in [2.05, 4.69) is 15.8 Å². The maximum Gasteiger partial charge on any atom is 0.305 e.